The van der Waals surface area contributed by atoms with Crippen LogP contribution in [-0.2, 0) is 14.2 Å². The van der Waals surface area contributed by atoms with Gasteiger partial charge in [-0.3, -0.25) is 16.2 Å². The van der Waals surface area contributed by atoms with Crippen LogP contribution in [0, 0.1) is 5.92 Å². The third-order valence-electron chi connectivity index (χ3n) is 6.20. The maximum absolute atomic E-state index is 6.34. The second-order valence-electron chi connectivity index (χ2n) is 7.93. The van der Waals surface area contributed by atoms with Gasteiger partial charge in [0.25, 0.3) is 0 Å². The molecule has 1 saturated carbocycles. The first-order chi connectivity index (χ1) is 11.8. The maximum Gasteiger partial charge on any atom is 0.108 e. The van der Waals surface area contributed by atoms with E-state index in [2.05, 4.69) is 23.1 Å². The van der Waals surface area contributed by atoms with Gasteiger partial charge in [0.2, 0.25) is 0 Å². The molecule has 6 nitrogen and oxygen atoms in total. The highest BCUT2D eigenvalue weighted by Gasteiger charge is 2.45. The number of fused-ring (bicyclic) bond motifs is 4. The Kier molecular flexibility index (Phi) is 5.71. The fourth-order valence-corrected chi connectivity index (χ4v) is 4.91. The van der Waals surface area contributed by atoms with Gasteiger partial charge in [-0.25, -0.2) is 0 Å². The summed E-state index contributed by atoms with van der Waals surface area (Å²) < 4.78 is 18.1. The van der Waals surface area contributed by atoms with Crippen molar-refractivity contribution in [2.24, 2.45) is 5.92 Å². The highest BCUT2D eigenvalue weighted by molar-refractivity contribution is 5.01. The van der Waals surface area contributed by atoms with E-state index in [1.165, 1.54) is 19.3 Å². The Labute approximate surface area is 145 Å². The summed E-state index contributed by atoms with van der Waals surface area (Å²) in [5.74, 6) is 0.647. The lowest BCUT2D eigenvalue weighted by atomic mass is 9.76. The van der Waals surface area contributed by atoms with Gasteiger partial charge in [-0.15, -0.1) is 0 Å². The molecule has 0 aromatic heterocycles. The van der Waals surface area contributed by atoms with Crippen molar-refractivity contribution in [3.05, 3.63) is 0 Å². The highest BCUT2D eigenvalue weighted by Crippen LogP contribution is 2.35. The van der Waals surface area contributed by atoms with Crippen LogP contribution in [0.3, 0.4) is 0 Å². The molecule has 0 aromatic carbocycles. The Balaban J connectivity index is 1.46. The summed E-state index contributed by atoms with van der Waals surface area (Å²) in [5.41, 5.74) is 7.15. The molecule has 3 saturated heterocycles. The van der Waals surface area contributed by atoms with E-state index in [-0.39, 0.29) is 12.3 Å². The minimum atomic E-state index is 0.174. The first-order valence-corrected chi connectivity index (χ1v) is 9.91. The van der Waals surface area contributed by atoms with Crippen LogP contribution < -0.4 is 16.2 Å². The minimum absolute atomic E-state index is 0.174. The third-order valence-corrected chi connectivity index (χ3v) is 6.20. The van der Waals surface area contributed by atoms with Gasteiger partial charge in [0.05, 0.1) is 25.4 Å². The fraction of sp³-hybridized carbons (Fsp3) is 1.00. The van der Waals surface area contributed by atoms with E-state index >= 15 is 0 Å². The molecule has 3 aliphatic heterocycles. The quantitative estimate of drug-likeness (QED) is 0.619. The molecule has 4 fully saturated rings. The van der Waals surface area contributed by atoms with Crippen molar-refractivity contribution < 1.29 is 14.2 Å². The van der Waals surface area contributed by atoms with E-state index in [4.69, 9.17) is 14.2 Å². The number of hydrogen-bond acceptors (Lipinski definition) is 6. The molecule has 6 unspecified atom stereocenters. The third kappa shape index (κ3) is 3.94. The summed E-state index contributed by atoms with van der Waals surface area (Å²) >= 11 is 0. The molecule has 0 aromatic rings. The molecular weight excluding hydrogens is 306 g/mol. The number of hydrazine groups is 1. The number of ether oxygens (including phenoxy) is 3. The van der Waals surface area contributed by atoms with E-state index in [9.17, 15) is 0 Å². The summed E-state index contributed by atoms with van der Waals surface area (Å²) in [6, 6.07) is 1.55. The Hall–Kier alpha value is -0.240. The zero-order valence-electron chi connectivity index (χ0n) is 14.8. The van der Waals surface area contributed by atoms with Crippen molar-refractivity contribution in [3.8, 4) is 0 Å². The SMILES string of the molecule is C[C@@H]1CCOCCOC2CCCC(N2)C2NNC3CCC(CC32)O1. The van der Waals surface area contributed by atoms with Gasteiger partial charge in [-0.05, 0) is 57.8 Å². The van der Waals surface area contributed by atoms with E-state index < -0.39 is 0 Å². The molecule has 4 bridgehead atoms. The highest BCUT2D eigenvalue weighted by atomic mass is 16.5. The van der Waals surface area contributed by atoms with E-state index in [0.29, 0.717) is 43.4 Å². The Morgan fingerprint density at radius 3 is 2.79 bits per heavy atom. The molecule has 1 aliphatic carbocycles. The normalized spacial score (nSPS) is 47.6. The summed E-state index contributed by atoms with van der Waals surface area (Å²) in [7, 11) is 0. The Bertz CT molecular complexity index is 411. The van der Waals surface area contributed by atoms with Gasteiger partial charge in [0, 0.05) is 24.7 Å². The lowest BCUT2D eigenvalue weighted by Crippen LogP contribution is -2.55. The van der Waals surface area contributed by atoms with Crippen LogP contribution in [0.25, 0.3) is 0 Å². The first-order valence-electron chi connectivity index (χ1n) is 9.91. The number of piperidine rings is 1. The maximum atomic E-state index is 6.34. The molecule has 4 rings (SSSR count). The van der Waals surface area contributed by atoms with Crippen LogP contribution in [0.5, 0.6) is 0 Å². The molecule has 6 heteroatoms. The average molecular weight is 339 g/mol. The number of hydrogen-bond donors (Lipinski definition) is 3. The van der Waals surface area contributed by atoms with Crippen LogP contribution in [0.1, 0.15) is 51.9 Å². The van der Waals surface area contributed by atoms with Crippen LogP contribution in [0.2, 0.25) is 0 Å². The number of rotatable bonds is 0. The lowest BCUT2D eigenvalue weighted by Gasteiger charge is -2.39. The zero-order valence-corrected chi connectivity index (χ0v) is 14.8. The van der Waals surface area contributed by atoms with Crippen LogP contribution in [-0.4, -0.2) is 56.4 Å². The van der Waals surface area contributed by atoms with Crippen molar-refractivity contribution in [2.75, 3.05) is 19.8 Å². The second kappa shape index (κ2) is 7.98. The van der Waals surface area contributed by atoms with E-state index in [0.717, 1.165) is 32.3 Å². The molecular formula is C18H33N3O3. The molecule has 3 heterocycles. The Morgan fingerprint density at radius 1 is 0.875 bits per heavy atom. The van der Waals surface area contributed by atoms with Gasteiger partial charge in [-0.1, -0.05) is 0 Å². The van der Waals surface area contributed by atoms with Gasteiger partial charge >= 0.3 is 0 Å². The smallest absolute Gasteiger partial charge is 0.108 e. The summed E-state index contributed by atoms with van der Waals surface area (Å²) in [4.78, 5) is 0. The average Bonchev–Trinajstić information content (AvgIpc) is 3.01. The monoisotopic (exact) mass is 339 g/mol. The summed E-state index contributed by atoms with van der Waals surface area (Å²) in [6.07, 6.45) is 8.89. The summed E-state index contributed by atoms with van der Waals surface area (Å²) in [6.45, 7) is 4.29. The lowest BCUT2D eigenvalue weighted by molar-refractivity contribution is -0.0511. The second-order valence-corrected chi connectivity index (χ2v) is 7.93. The molecule has 24 heavy (non-hydrogen) atoms. The molecule has 0 spiro atoms. The van der Waals surface area contributed by atoms with Crippen LogP contribution >= 0.6 is 0 Å². The molecule has 138 valence electrons. The van der Waals surface area contributed by atoms with Crippen LogP contribution in [0.15, 0.2) is 0 Å². The molecule has 0 amide bonds. The van der Waals surface area contributed by atoms with Gasteiger partial charge < -0.3 is 14.2 Å². The molecule has 4 aliphatic rings. The van der Waals surface area contributed by atoms with E-state index in [1.807, 2.05) is 0 Å². The van der Waals surface area contributed by atoms with Gasteiger partial charge in [-0.2, -0.15) is 0 Å². The minimum Gasteiger partial charge on any atom is -0.379 e. The first kappa shape index (κ1) is 17.2. The Morgan fingerprint density at radius 2 is 1.83 bits per heavy atom. The molecule has 0 radical (unpaired) electrons. The zero-order chi connectivity index (χ0) is 16.4. The van der Waals surface area contributed by atoms with Gasteiger partial charge in [0.1, 0.15) is 6.23 Å². The number of nitrogens with one attached hydrogen (secondary N) is 3. The largest absolute Gasteiger partial charge is 0.379 e. The predicted molar refractivity (Wildman–Crippen MR) is 91.5 cm³/mol. The predicted octanol–water partition coefficient (Wildman–Crippen LogP) is 1.31. The molecule has 3 N–H and O–H groups in total. The molecule has 7 atom stereocenters. The van der Waals surface area contributed by atoms with Crippen molar-refractivity contribution >= 4 is 0 Å². The van der Waals surface area contributed by atoms with Gasteiger partial charge in [0.15, 0.2) is 0 Å². The van der Waals surface area contributed by atoms with Crippen molar-refractivity contribution in [2.45, 2.75) is 88.4 Å². The van der Waals surface area contributed by atoms with E-state index in [1.54, 1.807) is 0 Å². The fourth-order valence-electron chi connectivity index (χ4n) is 4.91. The summed E-state index contributed by atoms with van der Waals surface area (Å²) in [5, 5.41) is 3.74. The van der Waals surface area contributed by atoms with Crippen molar-refractivity contribution in [3.63, 3.8) is 0 Å². The van der Waals surface area contributed by atoms with Crippen molar-refractivity contribution in [1.29, 1.82) is 0 Å². The standard InChI is InChI=1S/C18H33N3O3/c1-12-7-8-22-9-10-23-17-4-2-3-16(19-17)18-14-11-13(24-12)5-6-15(14)20-21-18/h12-21H,2-11H2,1H3/t12-,13?,14?,15?,16?,17?,18?/m1/s1. The van der Waals surface area contributed by atoms with Crippen LogP contribution in [0.4, 0.5) is 0 Å². The topological polar surface area (TPSA) is 63.8 Å². The van der Waals surface area contributed by atoms with Crippen molar-refractivity contribution in [1.82, 2.24) is 16.2 Å².